The van der Waals surface area contributed by atoms with Crippen LogP contribution < -0.4 is 29.4 Å². The van der Waals surface area contributed by atoms with E-state index >= 15 is 0 Å². The van der Waals surface area contributed by atoms with Crippen molar-refractivity contribution < 1.29 is 23.7 Å². The van der Waals surface area contributed by atoms with Crippen molar-refractivity contribution in [2.75, 3.05) is 48.3 Å². The summed E-state index contributed by atoms with van der Waals surface area (Å²) in [5.41, 5.74) is 6.89. The fourth-order valence-electron chi connectivity index (χ4n) is 3.04. The summed E-state index contributed by atoms with van der Waals surface area (Å²) in [5, 5.41) is 0.335. The first kappa shape index (κ1) is 23.4. The summed E-state index contributed by atoms with van der Waals surface area (Å²) in [7, 11) is 9.72. The molecule has 0 spiro atoms. The number of hydrogen-bond acceptors (Lipinski definition) is 8. The van der Waals surface area contributed by atoms with E-state index in [9.17, 15) is 0 Å². The Morgan fingerprint density at radius 3 is 1.79 bits per heavy atom. The SMILES string of the molecule is CN.COc1ccc(C2SCC(c3cc(OC)c(OC)c(OC)c3)S2)cc1OC. The Hall–Kier alpha value is -1.90. The highest BCUT2D eigenvalue weighted by atomic mass is 32.2. The molecule has 2 unspecified atom stereocenters. The number of benzene rings is 2. The first-order valence-electron chi connectivity index (χ1n) is 9.01. The minimum Gasteiger partial charge on any atom is -0.493 e. The Bertz CT molecular complexity index is 778. The predicted octanol–water partition coefficient (Wildman–Crippen LogP) is 4.52. The normalized spacial score (nSPS) is 17.8. The fraction of sp³-hybridized carbons (Fsp3) is 0.429. The van der Waals surface area contributed by atoms with Crippen molar-refractivity contribution in [3.8, 4) is 28.7 Å². The number of methoxy groups -OCH3 is 5. The average molecular weight is 440 g/mol. The van der Waals surface area contributed by atoms with Gasteiger partial charge in [-0.2, -0.15) is 0 Å². The summed E-state index contributed by atoms with van der Waals surface area (Å²) in [6, 6.07) is 10.2. The minimum absolute atomic E-state index is 0.328. The van der Waals surface area contributed by atoms with Crippen LogP contribution in [0.15, 0.2) is 30.3 Å². The van der Waals surface area contributed by atoms with Gasteiger partial charge < -0.3 is 29.4 Å². The lowest BCUT2D eigenvalue weighted by atomic mass is 10.1. The zero-order valence-corrected chi connectivity index (χ0v) is 19.3. The van der Waals surface area contributed by atoms with Crippen LogP contribution >= 0.6 is 23.5 Å². The second-order valence-corrected chi connectivity index (χ2v) is 8.61. The Labute approximate surface area is 181 Å². The molecule has 3 rings (SSSR count). The van der Waals surface area contributed by atoms with Crippen molar-refractivity contribution >= 4 is 23.5 Å². The van der Waals surface area contributed by atoms with E-state index in [-0.39, 0.29) is 0 Å². The molecule has 160 valence electrons. The molecule has 2 atom stereocenters. The molecule has 2 aromatic carbocycles. The molecule has 0 amide bonds. The Kier molecular flexibility index (Phi) is 9.13. The zero-order chi connectivity index (χ0) is 21.4. The third kappa shape index (κ3) is 5.18. The number of thioether (sulfide) groups is 2. The van der Waals surface area contributed by atoms with E-state index in [0.29, 0.717) is 27.1 Å². The maximum atomic E-state index is 5.49. The number of ether oxygens (including phenoxy) is 5. The van der Waals surface area contributed by atoms with E-state index in [4.69, 9.17) is 23.7 Å². The molecule has 0 aliphatic carbocycles. The number of rotatable bonds is 7. The second kappa shape index (κ2) is 11.3. The van der Waals surface area contributed by atoms with Gasteiger partial charge >= 0.3 is 0 Å². The molecule has 1 saturated heterocycles. The summed E-state index contributed by atoms with van der Waals surface area (Å²) in [4.78, 5) is 0. The van der Waals surface area contributed by atoms with Crippen LogP contribution in [0.1, 0.15) is 21.0 Å². The predicted molar refractivity (Wildman–Crippen MR) is 121 cm³/mol. The van der Waals surface area contributed by atoms with E-state index in [2.05, 4.69) is 17.9 Å². The Balaban J connectivity index is 0.00000145. The molecule has 2 N–H and O–H groups in total. The van der Waals surface area contributed by atoms with E-state index in [1.807, 2.05) is 41.7 Å². The van der Waals surface area contributed by atoms with Crippen molar-refractivity contribution in [1.82, 2.24) is 0 Å². The lowest BCUT2D eigenvalue weighted by Crippen LogP contribution is -1.99. The molecule has 8 heteroatoms. The second-order valence-electron chi connectivity index (χ2n) is 5.86. The van der Waals surface area contributed by atoms with Crippen LogP contribution in [0.5, 0.6) is 28.7 Å². The van der Waals surface area contributed by atoms with Crippen molar-refractivity contribution in [3.63, 3.8) is 0 Å². The van der Waals surface area contributed by atoms with E-state index in [1.165, 1.54) is 18.2 Å². The first-order chi connectivity index (χ1) is 14.1. The van der Waals surface area contributed by atoms with Crippen LogP contribution in [0.3, 0.4) is 0 Å². The van der Waals surface area contributed by atoms with Gasteiger partial charge in [0, 0.05) is 11.0 Å². The van der Waals surface area contributed by atoms with Gasteiger partial charge in [0.2, 0.25) is 5.75 Å². The lowest BCUT2D eigenvalue weighted by molar-refractivity contribution is 0.324. The molecule has 0 radical (unpaired) electrons. The van der Waals surface area contributed by atoms with Crippen LogP contribution in [-0.4, -0.2) is 48.3 Å². The van der Waals surface area contributed by atoms with Crippen LogP contribution in [0.2, 0.25) is 0 Å². The minimum atomic E-state index is 0.328. The van der Waals surface area contributed by atoms with Crippen molar-refractivity contribution in [3.05, 3.63) is 41.5 Å². The quantitative estimate of drug-likeness (QED) is 0.675. The maximum absolute atomic E-state index is 5.49. The van der Waals surface area contributed by atoms with Gasteiger partial charge in [0.25, 0.3) is 0 Å². The largest absolute Gasteiger partial charge is 0.493 e. The molecule has 29 heavy (non-hydrogen) atoms. The summed E-state index contributed by atoms with van der Waals surface area (Å²) < 4.78 is 27.5. The van der Waals surface area contributed by atoms with E-state index < -0.39 is 0 Å². The molecule has 0 saturated carbocycles. The van der Waals surface area contributed by atoms with Gasteiger partial charge in [0.05, 0.1) is 40.1 Å². The molecular weight excluding hydrogens is 410 g/mol. The first-order valence-corrected chi connectivity index (χ1v) is 11.0. The molecule has 6 nitrogen and oxygen atoms in total. The molecular formula is C21H29NO5S2. The number of hydrogen-bond donors (Lipinski definition) is 1. The Morgan fingerprint density at radius 2 is 1.28 bits per heavy atom. The van der Waals surface area contributed by atoms with Gasteiger partial charge in [-0.05, 0) is 42.4 Å². The van der Waals surface area contributed by atoms with E-state index in [1.54, 1.807) is 35.5 Å². The fourth-order valence-corrected chi connectivity index (χ4v) is 6.32. The van der Waals surface area contributed by atoms with Crippen LogP contribution in [-0.2, 0) is 0 Å². The van der Waals surface area contributed by atoms with Crippen molar-refractivity contribution in [2.45, 2.75) is 9.83 Å². The smallest absolute Gasteiger partial charge is 0.203 e. The number of nitrogens with two attached hydrogens (primary N) is 1. The van der Waals surface area contributed by atoms with Crippen LogP contribution in [0.4, 0.5) is 0 Å². The molecule has 1 heterocycles. The van der Waals surface area contributed by atoms with Crippen LogP contribution in [0, 0.1) is 0 Å². The molecule has 1 aliphatic rings. The molecule has 1 fully saturated rings. The summed E-state index contributed by atoms with van der Waals surface area (Å²) in [5.74, 6) is 4.50. The summed E-state index contributed by atoms with van der Waals surface area (Å²) in [6.45, 7) is 0. The molecule has 0 bridgehead atoms. The lowest BCUT2D eigenvalue weighted by Gasteiger charge is -2.17. The maximum Gasteiger partial charge on any atom is 0.203 e. The highest BCUT2D eigenvalue weighted by Gasteiger charge is 2.30. The average Bonchev–Trinajstić information content (AvgIpc) is 3.29. The van der Waals surface area contributed by atoms with Gasteiger partial charge in [0.15, 0.2) is 23.0 Å². The monoisotopic (exact) mass is 439 g/mol. The highest BCUT2D eigenvalue weighted by Crippen LogP contribution is 2.57. The van der Waals surface area contributed by atoms with Crippen LogP contribution in [0.25, 0.3) is 0 Å². The zero-order valence-electron chi connectivity index (χ0n) is 17.7. The van der Waals surface area contributed by atoms with E-state index in [0.717, 1.165) is 17.3 Å². The van der Waals surface area contributed by atoms with Crippen molar-refractivity contribution in [2.24, 2.45) is 5.73 Å². The van der Waals surface area contributed by atoms with Gasteiger partial charge in [-0.25, -0.2) is 0 Å². The standard InChI is InChI=1S/C20H24O5S2.CH5N/c1-21-14-7-6-12(8-15(14)22-2)20-26-11-18(27-20)13-9-16(23-3)19(25-5)17(10-13)24-4;1-2/h6-10,18,20H,11H2,1-5H3;2H2,1H3. The van der Waals surface area contributed by atoms with Crippen molar-refractivity contribution in [1.29, 1.82) is 0 Å². The van der Waals surface area contributed by atoms with Gasteiger partial charge in [-0.3, -0.25) is 0 Å². The van der Waals surface area contributed by atoms with Gasteiger partial charge in [-0.15, -0.1) is 23.5 Å². The summed E-state index contributed by atoms with van der Waals surface area (Å²) in [6.07, 6.45) is 0. The third-order valence-corrected chi connectivity index (χ3v) is 7.77. The third-order valence-electron chi connectivity index (χ3n) is 4.43. The summed E-state index contributed by atoms with van der Waals surface area (Å²) >= 11 is 3.84. The highest BCUT2D eigenvalue weighted by molar-refractivity contribution is 8.19. The molecule has 1 aliphatic heterocycles. The molecule has 2 aromatic rings. The Morgan fingerprint density at radius 1 is 0.724 bits per heavy atom. The van der Waals surface area contributed by atoms with Gasteiger partial charge in [-0.1, -0.05) is 6.07 Å². The van der Waals surface area contributed by atoms with Gasteiger partial charge in [0.1, 0.15) is 0 Å². The topological polar surface area (TPSA) is 72.2 Å². The molecule has 0 aromatic heterocycles.